The second-order valence-corrected chi connectivity index (χ2v) is 5.64. The summed E-state index contributed by atoms with van der Waals surface area (Å²) in [5.41, 5.74) is 5.45. The summed E-state index contributed by atoms with van der Waals surface area (Å²) in [5, 5.41) is 7.52. The SMILES string of the molecule is CCC(C)N(CC)CCCCC(C)(C)C(=N)N. The van der Waals surface area contributed by atoms with Crippen molar-refractivity contribution in [1.82, 2.24) is 4.90 Å². The number of nitrogens with one attached hydrogen (secondary N) is 1. The highest BCUT2D eigenvalue weighted by atomic mass is 15.1. The molecule has 0 aromatic heterocycles. The number of nitrogens with zero attached hydrogens (tertiary/aromatic N) is 1. The molecule has 0 radical (unpaired) electrons. The fraction of sp³-hybridized carbons (Fsp3) is 0.929. The third-order valence-electron chi connectivity index (χ3n) is 3.85. The minimum atomic E-state index is -0.132. The van der Waals surface area contributed by atoms with Crippen molar-refractivity contribution in [3.05, 3.63) is 0 Å². The van der Waals surface area contributed by atoms with Crippen LogP contribution in [0, 0.1) is 10.8 Å². The van der Waals surface area contributed by atoms with Crippen LogP contribution in [-0.4, -0.2) is 29.9 Å². The fourth-order valence-corrected chi connectivity index (χ4v) is 1.96. The Morgan fingerprint density at radius 2 is 1.88 bits per heavy atom. The molecule has 0 aromatic rings. The van der Waals surface area contributed by atoms with E-state index in [2.05, 4.69) is 39.5 Å². The molecular weight excluding hydrogens is 210 g/mol. The van der Waals surface area contributed by atoms with Gasteiger partial charge in [0.25, 0.3) is 0 Å². The van der Waals surface area contributed by atoms with E-state index in [9.17, 15) is 0 Å². The summed E-state index contributed by atoms with van der Waals surface area (Å²) in [6.45, 7) is 13.2. The standard InChI is InChI=1S/C14H31N3/c1-6-12(3)17(7-2)11-9-8-10-14(4,5)13(15)16/h12H,6-11H2,1-5H3,(H3,15,16). The molecule has 0 rings (SSSR count). The van der Waals surface area contributed by atoms with E-state index in [0.717, 1.165) is 19.4 Å². The number of hydrogen-bond donors (Lipinski definition) is 2. The van der Waals surface area contributed by atoms with E-state index < -0.39 is 0 Å². The van der Waals surface area contributed by atoms with Crippen LogP contribution in [0.15, 0.2) is 0 Å². The Morgan fingerprint density at radius 1 is 1.29 bits per heavy atom. The zero-order valence-electron chi connectivity index (χ0n) is 12.3. The van der Waals surface area contributed by atoms with Gasteiger partial charge in [0.05, 0.1) is 5.84 Å². The lowest BCUT2D eigenvalue weighted by atomic mass is 9.86. The first-order chi connectivity index (χ1) is 7.85. The molecule has 0 saturated carbocycles. The van der Waals surface area contributed by atoms with Gasteiger partial charge in [0, 0.05) is 11.5 Å². The van der Waals surface area contributed by atoms with E-state index >= 15 is 0 Å². The average Bonchev–Trinajstić information content (AvgIpc) is 2.28. The highest BCUT2D eigenvalue weighted by molar-refractivity contribution is 5.82. The zero-order valence-corrected chi connectivity index (χ0v) is 12.3. The first-order valence-corrected chi connectivity index (χ1v) is 6.93. The molecule has 3 N–H and O–H groups in total. The van der Waals surface area contributed by atoms with Crippen LogP contribution in [0.2, 0.25) is 0 Å². The van der Waals surface area contributed by atoms with E-state index in [-0.39, 0.29) is 5.41 Å². The van der Waals surface area contributed by atoms with Gasteiger partial charge in [-0.05, 0) is 39.3 Å². The first kappa shape index (κ1) is 16.4. The highest BCUT2D eigenvalue weighted by Gasteiger charge is 2.20. The lowest BCUT2D eigenvalue weighted by molar-refractivity contribution is 0.208. The lowest BCUT2D eigenvalue weighted by Crippen LogP contribution is -2.34. The van der Waals surface area contributed by atoms with Crippen molar-refractivity contribution in [2.24, 2.45) is 11.1 Å². The van der Waals surface area contributed by atoms with Crippen LogP contribution in [0.4, 0.5) is 0 Å². The van der Waals surface area contributed by atoms with Crippen molar-refractivity contribution in [3.63, 3.8) is 0 Å². The Morgan fingerprint density at radius 3 is 2.29 bits per heavy atom. The van der Waals surface area contributed by atoms with Crippen LogP contribution >= 0.6 is 0 Å². The molecule has 3 nitrogen and oxygen atoms in total. The van der Waals surface area contributed by atoms with E-state index in [1.807, 2.05) is 0 Å². The molecule has 0 fully saturated rings. The van der Waals surface area contributed by atoms with Crippen molar-refractivity contribution >= 4 is 5.84 Å². The number of hydrogen-bond acceptors (Lipinski definition) is 2. The number of amidine groups is 1. The number of rotatable bonds is 9. The molecule has 0 aliphatic heterocycles. The molecule has 0 aliphatic carbocycles. The van der Waals surface area contributed by atoms with Gasteiger partial charge in [0.1, 0.15) is 0 Å². The summed E-state index contributed by atoms with van der Waals surface area (Å²) in [7, 11) is 0. The smallest absolute Gasteiger partial charge is 0.0963 e. The minimum absolute atomic E-state index is 0.132. The molecule has 102 valence electrons. The van der Waals surface area contributed by atoms with E-state index in [4.69, 9.17) is 11.1 Å². The summed E-state index contributed by atoms with van der Waals surface area (Å²) in [4.78, 5) is 2.53. The maximum absolute atomic E-state index is 7.52. The molecular formula is C14H31N3. The van der Waals surface area contributed by atoms with Gasteiger partial charge in [-0.15, -0.1) is 0 Å². The maximum Gasteiger partial charge on any atom is 0.0963 e. The Balaban J connectivity index is 3.87. The summed E-state index contributed by atoms with van der Waals surface area (Å²) < 4.78 is 0. The second kappa shape index (κ2) is 7.70. The van der Waals surface area contributed by atoms with Crippen molar-refractivity contribution < 1.29 is 0 Å². The van der Waals surface area contributed by atoms with Gasteiger partial charge in [0.2, 0.25) is 0 Å². The van der Waals surface area contributed by atoms with Crippen molar-refractivity contribution in [2.45, 2.75) is 66.3 Å². The fourth-order valence-electron chi connectivity index (χ4n) is 1.96. The third-order valence-corrected chi connectivity index (χ3v) is 3.85. The molecule has 0 spiro atoms. The zero-order chi connectivity index (χ0) is 13.5. The number of unbranched alkanes of at least 4 members (excludes halogenated alkanes) is 1. The molecule has 0 aromatic carbocycles. The molecule has 1 unspecified atom stereocenters. The van der Waals surface area contributed by atoms with Gasteiger partial charge in [-0.25, -0.2) is 0 Å². The highest BCUT2D eigenvalue weighted by Crippen LogP contribution is 2.22. The molecule has 0 aliphatic rings. The van der Waals surface area contributed by atoms with Gasteiger partial charge in [-0.3, -0.25) is 5.41 Å². The Hall–Kier alpha value is -0.570. The van der Waals surface area contributed by atoms with Crippen LogP contribution in [0.25, 0.3) is 0 Å². The van der Waals surface area contributed by atoms with Gasteiger partial charge in [-0.2, -0.15) is 0 Å². The first-order valence-electron chi connectivity index (χ1n) is 6.93. The average molecular weight is 241 g/mol. The Bertz CT molecular complexity index is 224. The molecule has 0 saturated heterocycles. The van der Waals surface area contributed by atoms with Crippen LogP contribution in [0.5, 0.6) is 0 Å². The molecule has 3 heteroatoms. The molecule has 0 amide bonds. The summed E-state index contributed by atoms with van der Waals surface area (Å²) in [6.07, 6.45) is 4.58. The normalized spacial score (nSPS) is 14.0. The van der Waals surface area contributed by atoms with Gasteiger partial charge in [0.15, 0.2) is 0 Å². The van der Waals surface area contributed by atoms with E-state index in [1.165, 1.54) is 19.4 Å². The predicted molar refractivity (Wildman–Crippen MR) is 76.5 cm³/mol. The van der Waals surface area contributed by atoms with Gasteiger partial charge >= 0.3 is 0 Å². The van der Waals surface area contributed by atoms with E-state index in [1.54, 1.807) is 0 Å². The third kappa shape index (κ3) is 6.06. The summed E-state index contributed by atoms with van der Waals surface area (Å²) in [6, 6.07) is 0.681. The Kier molecular flexibility index (Phi) is 7.44. The van der Waals surface area contributed by atoms with Crippen LogP contribution < -0.4 is 5.73 Å². The summed E-state index contributed by atoms with van der Waals surface area (Å²) in [5.74, 6) is 0.312. The molecule has 0 bridgehead atoms. The molecule has 0 heterocycles. The quantitative estimate of drug-likeness (QED) is 0.370. The van der Waals surface area contributed by atoms with Crippen LogP contribution in [0.3, 0.4) is 0 Å². The maximum atomic E-state index is 7.52. The molecule has 1 atom stereocenters. The van der Waals surface area contributed by atoms with Crippen molar-refractivity contribution in [2.75, 3.05) is 13.1 Å². The minimum Gasteiger partial charge on any atom is -0.387 e. The van der Waals surface area contributed by atoms with E-state index in [0.29, 0.717) is 11.9 Å². The van der Waals surface area contributed by atoms with Crippen molar-refractivity contribution in [1.29, 1.82) is 5.41 Å². The van der Waals surface area contributed by atoms with Gasteiger partial charge in [-0.1, -0.05) is 34.1 Å². The van der Waals surface area contributed by atoms with Crippen LogP contribution in [-0.2, 0) is 0 Å². The second-order valence-electron chi connectivity index (χ2n) is 5.64. The monoisotopic (exact) mass is 241 g/mol. The topological polar surface area (TPSA) is 53.1 Å². The summed E-state index contributed by atoms with van der Waals surface area (Å²) >= 11 is 0. The van der Waals surface area contributed by atoms with Crippen molar-refractivity contribution in [3.8, 4) is 0 Å². The largest absolute Gasteiger partial charge is 0.387 e. The van der Waals surface area contributed by atoms with Crippen LogP contribution in [0.1, 0.15) is 60.3 Å². The molecule has 17 heavy (non-hydrogen) atoms. The predicted octanol–water partition coefficient (Wildman–Crippen LogP) is 3.24. The number of nitrogens with two attached hydrogens (primary N) is 1. The lowest BCUT2D eigenvalue weighted by Gasteiger charge is -2.28. The van der Waals surface area contributed by atoms with Gasteiger partial charge < -0.3 is 10.6 Å². The Labute approximate surface area is 107 Å².